The van der Waals surface area contributed by atoms with Gasteiger partial charge in [0.25, 0.3) is 10.0 Å². The number of carbonyl (C=O) groups is 1. The van der Waals surface area contributed by atoms with Gasteiger partial charge in [-0.3, -0.25) is 4.72 Å². The Morgan fingerprint density at radius 1 is 1.50 bits per heavy atom. The molecule has 0 spiro atoms. The average Bonchev–Trinajstić information content (AvgIpc) is 2.86. The molecule has 10 heteroatoms. The molecule has 18 heavy (non-hydrogen) atoms. The molecular weight excluding hydrogens is 364 g/mol. The summed E-state index contributed by atoms with van der Waals surface area (Å²) in [6.07, 6.45) is 1.47. The minimum Gasteiger partial charge on any atom is -0.477 e. The Bertz CT molecular complexity index is 677. The van der Waals surface area contributed by atoms with E-state index in [2.05, 4.69) is 25.6 Å². The number of aromatic carboxylic acids is 1. The number of halogens is 1. The van der Waals surface area contributed by atoms with Crippen LogP contribution >= 0.6 is 38.6 Å². The lowest BCUT2D eigenvalue weighted by molar-refractivity contribution is 0.0702. The van der Waals surface area contributed by atoms with Gasteiger partial charge in [-0.05, 0) is 22.0 Å². The van der Waals surface area contributed by atoms with Crippen molar-refractivity contribution in [3.05, 3.63) is 26.3 Å². The molecule has 6 nitrogen and oxygen atoms in total. The second-order valence-electron chi connectivity index (χ2n) is 3.00. The van der Waals surface area contributed by atoms with E-state index < -0.39 is 16.0 Å². The number of carboxylic acids is 1. The fourth-order valence-corrected chi connectivity index (χ4v) is 5.28. The molecule has 2 heterocycles. The highest BCUT2D eigenvalue weighted by molar-refractivity contribution is 9.11. The molecule has 0 saturated carbocycles. The maximum atomic E-state index is 12.0. The third-order valence-electron chi connectivity index (χ3n) is 1.81. The van der Waals surface area contributed by atoms with E-state index >= 15 is 0 Å². The SMILES string of the molecule is O=C(O)c1cc(S(=O)(=O)Nc2nccs2)c(Br)s1. The Labute approximate surface area is 118 Å². The van der Waals surface area contributed by atoms with E-state index in [0.717, 1.165) is 28.7 Å². The van der Waals surface area contributed by atoms with E-state index in [1.54, 1.807) is 5.38 Å². The summed E-state index contributed by atoms with van der Waals surface area (Å²) in [5.41, 5.74) is 0. The third-order valence-corrected chi connectivity index (χ3v) is 6.21. The third kappa shape index (κ3) is 2.71. The number of nitrogens with zero attached hydrogens (tertiary/aromatic N) is 1. The Balaban J connectivity index is 2.38. The molecular formula is C8H5BrN2O4S3. The molecule has 2 aromatic heterocycles. The van der Waals surface area contributed by atoms with Crippen LogP contribution in [0.4, 0.5) is 5.13 Å². The zero-order chi connectivity index (χ0) is 13.3. The number of hydrogen-bond acceptors (Lipinski definition) is 6. The lowest BCUT2D eigenvalue weighted by Gasteiger charge is -2.02. The fraction of sp³-hybridized carbons (Fsp3) is 0. The maximum absolute atomic E-state index is 12.0. The van der Waals surface area contributed by atoms with Gasteiger partial charge in [0.15, 0.2) is 5.13 Å². The lowest BCUT2D eigenvalue weighted by atomic mass is 10.5. The number of thiophene rings is 1. The van der Waals surface area contributed by atoms with Gasteiger partial charge in [0.1, 0.15) is 9.77 Å². The largest absolute Gasteiger partial charge is 0.477 e. The van der Waals surface area contributed by atoms with Crippen LogP contribution in [0.25, 0.3) is 0 Å². The predicted molar refractivity (Wildman–Crippen MR) is 71.9 cm³/mol. The Morgan fingerprint density at radius 3 is 2.72 bits per heavy atom. The van der Waals surface area contributed by atoms with Crippen LogP contribution in [0, 0.1) is 0 Å². The van der Waals surface area contributed by atoms with E-state index in [4.69, 9.17) is 5.11 Å². The van der Waals surface area contributed by atoms with Gasteiger partial charge in [-0.25, -0.2) is 18.2 Å². The molecule has 0 bridgehead atoms. The highest BCUT2D eigenvalue weighted by Gasteiger charge is 2.23. The normalized spacial score (nSPS) is 11.4. The lowest BCUT2D eigenvalue weighted by Crippen LogP contribution is -2.12. The molecule has 0 fully saturated rings. The fourth-order valence-electron chi connectivity index (χ4n) is 1.08. The molecule has 0 atom stereocenters. The van der Waals surface area contributed by atoms with Crippen LogP contribution in [0.5, 0.6) is 0 Å². The second kappa shape index (κ2) is 4.96. The second-order valence-corrected chi connectivity index (χ2v) is 7.91. The van der Waals surface area contributed by atoms with E-state index in [1.165, 1.54) is 6.20 Å². The minimum atomic E-state index is -3.83. The summed E-state index contributed by atoms with van der Waals surface area (Å²) >= 11 is 5.02. The van der Waals surface area contributed by atoms with Crippen LogP contribution < -0.4 is 4.72 Å². The van der Waals surface area contributed by atoms with E-state index in [9.17, 15) is 13.2 Å². The molecule has 2 rings (SSSR count). The zero-order valence-corrected chi connectivity index (χ0v) is 12.5. The van der Waals surface area contributed by atoms with Gasteiger partial charge in [-0.15, -0.1) is 22.7 Å². The summed E-state index contributed by atoms with van der Waals surface area (Å²) in [4.78, 5) is 14.4. The van der Waals surface area contributed by atoms with E-state index in [1.807, 2.05) is 0 Å². The summed E-state index contributed by atoms with van der Waals surface area (Å²) < 4.78 is 26.5. The molecule has 96 valence electrons. The van der Waals surface area contributed by atoms with E-state index in [-0.39, 0.29) is 18.7 Å². The molecule has 0 saturated heterocycles. The molecule has 2 aromatic rings. The van der Waals surface area contributed by atoms with Crippen LogP contribution in [0.15, 0.2) is 26.3 Å². The van der Waals surface area contributed by atoms with Crippen molar-refractivity contribution in [2.45, 2.75) is 4.90 Å². The molecule has 0 unspecified atom stereocenters. The van der Waals surface area contributed by atoms with Crippen LogP contribution in [-0.2, 0) is 10.0 Å². The summed E-state index contributed by atoms with van der Waals surface area (Å²) in [6.45, 7) is 0. The summed E-state index contributed by atoms with van der Waals surface area (Å²) in [7, 11) is -3.83. The maximum Gasteiger partial charge on any atom is 0.345 e. The number of nitrogens with one attached hydrogen (secondary N) is 1. The van der Waals surface area contributed by atoms with Gasteiger partial charge in [-0.2, -0.15) is 0 Å². The van der Waals surface area contributed by atoms with Crippen molar-refractivity contribution in [3.8, 4) is 0 Å². The van der Waals surface area contributed by atoms with Crippen molar-refractivity contribution in [1.29, 1.82) is 0 Å². The van der Waals surface area contributed by atoms with Gasteiger partial charge in [-0.1, -0.05) is 0 Å². The summed E-state index contributed by atoms with van der Waals surface area (Å²) in [6, 6.07) is 1.10. The van der Waals surface area contributed by atoms with Crippen molar-refractivity contribution >= 4 is 59.7 Å². The Kier molecular flexibility index (Phi) is 3.71. The monoisotopic (exact) mass is 368 g/mol. The molecule has 0 radical (unpaired) electrons. The highest BCUT2D eigenvalue weighted by Crippen LogP contribution is 2.32. The molecule has 2 N–H and O–H groups in total. The van der Waals surface area contributed by atoms with Crippen molar-refractivity contribution in [1.82, 2.24) is 4.98 Å². The first kappa shape index (κ1) is 13.5. The number of thiazole rings is 1. The molecule has 0 aliphatic carbocycles. The van der Waals surface area contributed by atoms with Crippen molar-refractivity contribution < 1.29 is 18.3 Å². The standard InChI is InChI=1S/C8H5BrN2O4S3/c9-6-5(3-4(17-6)7(12)13)18(14,15)11-8-10-1-2-16-8/h1-3H,(H,10,11)(H,12,13). The van der Waals surface area contributed by atoms with Gasteiger partial charge in [0.05, 0.1) is 3.79 Å². The number of anilines is 1. The van der Waals surface area contributed by atoms with Crippen LogP contribution in [0.3, 0.4) is 0 Å². The van der Waals surface area contributed by atoms with Crippen LogP contribution in [0.1, 0.15) is 9.67 Å². The first-order valence-electron chi connectivity index (χ1n) is 4.35. The first-order valence-corrected chi connectivity index (χ1v) is 8.32. The van der Waals surface area contributed by atoms with Gasteiger partial charge >= 0.3 is 5.97 Å². The topological polar surface area (TPSA) is 96.4 Å². The Morgan fingerprint density at radius 2 is 2.22 bits per heavy atom. The van der Waals surface area contributed by atoms with Crippen molar-refractivity contribution in [3.63, 3.8) is 0 Å². The molecule has 0 aromatic carbocycles. The molecule has 0 amide bonds. The number of sulfonamides is 1. The predicted octanol–water partition coefficient (Wildman–Crippen LogP) is 2.47. The van der Waals surface area contributed by atoms with Crippen LogP contribution in [-0.4, -0.2) is 24.5 Å². The summed E-state index contributed by atoms with van der Waals surface area (Å²) in [5, 5.41) is 10.7. The van der Waals surface area contributed by atoms with Crippen LogP contribution in [0.2, 0.25) is 0 Å². The average molecular weight is 369 g/mol. The van der Waals surface area contributed by atoms with E-state index in [0.29, 0.717) is 0 Å². The number of carboxylic acid groups (broad SMARTS) is 1. The van der Waals surface area contributed by atoms with Crippen molar-refractivity contribution in [2.75, 3.05) is 4.72 Å². The van der Waals surface area contributed by atoms with Gasteiger partial charge in [0, 0.05) is 11.6 Å². The van der Waals surface area contributed by atoms with Crippen molar-refractivity contribution in [2.24, 2.45) is 0 Å². The molecule has 0 aliphatic rings. The minimum absolute atomic E-state index is 0.0543. The smallest absolute Gasteiger partial charge is 0.345 e. The highest BCUT2D eigenvalue weighted by atomic mass is 79.9. The zero-order valence-electron chi connectivity index (χ0n) is 8.45. The molecule has 0 aliphatic heterocycles. The number of hydrogen-bond donors (Lipinski definition) is 2. The number of rotatable bonds is 4. The number of aromatic nitrogens is 1. The summed E-state index contributed by atoms with van der Waals surface area (Å²) in [5.74, 6) is -1.17. The quantitative estimate of drug-likeness (QED) is 0.863. The first-order chi connectivity index (χ1) is 8.40. The van der Waals surface area contributed by atoms with Gasteiger partial charge < -0.3 is 5.11 Å². The Hall–Kier alpha value is -0.970. The van der Waals surface area contributed by atoms with Gasteiger partial charge in [0.2, 0.25) is 0 Å².